The first kappa shape index (κ1) is 13.5. The number of pyridine rings is 1. The summed E-state index contributed by atoms with van der Waals surface area (Å²) >= 11 is 0. The van der Waals surface area contributed by atoms with Crippen LogP contribution in [0, 0.1) is 24.2 Å². The minimum absolute atomic E-state index is 0.138. The van der Waals surface area contributed by atoms with E-state index < -0.39 is 0 Å². The van der Waals surface area contributed by atoms with Crippen molar-refractivity contribution in [2.75, 3.05) is 31.5 Å². The average molecular weight is 297 g/mol. The van der Waals surface area contributed by atoms with Crippen molar-refractivity contribution in [3.63, 3.8) is 0 Å². The fourth-order valence-corrected chi connectivity index (χ4v) is 3.81. The number of ether oxygens (including phenoxy) is 1. The van der Waals surface area contributed by atoms with Crippen LogP contribution >= 0.6 is 0 Å². The molecule has 114 valence electrons. The third-order valence-electron chi connectivity index (χ3n) is 5.05. The lowest BCUT2D eigenvalue weighted by atomic mass is 9.75. The van der Waals surface area contributed by atoms with Crippen LogP contribution in [0.25, 0.3) is 0 Å². The number of piperidine rings is 3. The maximum Gasteiger partial charge on any atom is 0.291 e. The standard InChI is InChI=1S/C16H19N5O/c1-11-12(8-17)2-3-14(19-11)20-15-18-9-16(22-15)10-21-6-4-13(16)5-7-21/h2-3,13H,4-7,9-10H2,1H3,(H,18,19,20). The summed E-state index contributed by atoms with van der Waals surface area (Å²) in [4.78, 5) is 11.4. The van der Waals surface area contributed by atoms with Gasteiger partial charge in [-0.1, -0.05) is 0 Å². The van der Waals surface area contributed by atoms with E-state index >= 15 is 0 Å². The minimum Gasteiger partial charge on any atom is -0.455 e. The number of aryl methyl sites for hydroxylation is 1. The molecule has 3 saturated heterocycles. The van der Waals surface area contributed by atoms with Crippen LogP contribution in [0.2, 0.25) is 0 Å². The van der Waals surface area contributed by atoms with Crippen molar-refractivity contribution >= 4 is 11.8 Å². The minimum atomic E-state index is -0.138. The molecule has 1 aromatic heterocycles. The molecule has 4 aliphatic heterocycles. The van der Waals surface area contributed by atoms with Gasteiger partial charge in [0.1, 0.15) is 17.5 Å². The van der Waals surface area contributed by atoms with Crippen molar-refractivity contribution in [3.8, 4) is 6.07 Å². The van der Waals surface area contributed by atoms with E-state index in [1.807, 2.05) is 6.92 Å². The van der Waals surface area contributed by atoms with E-state index in [4.69, 9.17) is 10.00 Å². The molecule has 3 fully saturated rings. The lowest BCUT2D eigenvalue weighted by molar-refractivity contribution is -0.0829. The lowest BCUT2D eigenvalue weighted by Crippen LogP contribution is -2.61. The molecular weight excluding hydrogens is 278 g/mol. The highest BCUT2D eigenvalue weighted by Crippen LogP contribution is 2.40. The molecule has 5 heterocycles. The Bertz CT molecular complexity index is 672. The van der Waals surface area contributed by atoms with Crippen molar-refractivity contribution in [2.45, 2.75) is 25.4 Å². The molecule has 5 rings (SSSR count). The highest BCUT2D eigenvalue weighted by Gasteiger charge is 2.51. The molecule has 0 radical (unpaired) electrons. The normalized spacial score (nSPS) is 32.5. The Morgan fingerprint density at radius 3 is 2.86 bits per heavy atom. The molecule has 6 nitrogen and oxygen atoms in total. The number of amidine groups is 1. The van der Waals surface area contributed by atoms with E-state index in [0.29, 0.717) is 29.0 Å². The Morgan fingerprint density at radius 2 is 2.23 bits per heavy atom. The number of anilines is 1. The number of hydrogen-bond donors (Lipinski definition) is 1. The van der Waals surface area contributed by atoms with E-state index in [1.54, 1.807) is 12.1 Å². The van der Waals surface area contributed by atoms with Crippen molar-refractivity contribution in [1.82, 2.24) is 9.88 Å². The average Bonchev–Trinajstić information content (AvgIpc) is 2.91. The van der Waals surface area contributed by atoms with Crippen molar-refractivity contribution < 1.29 is 4.74 Å². The largest absolute Gasteiger partial charge is 0.455 e. The number of rotatable bonds is 1. The number of aliphatic imine (C=N–C) groups is 1. The summed E-state index contributed by atoms with van der Waals surface area (Å²) in [5.41, 5.74) is 1.16. The molecule has 0 aromatic carbocycles. The molecule has 4 aliphatic rings. The van der Waals surface area contributed by atoms with Crippen LogP contribution in [0.4, 0.5) is 5.82 Å². The van der Waals surface area contributed by atoms with Gasteiger partial charge in [-0.2, -0.15) is 5.26 Å². The van der Waals surface area contributed by atoms with Gasteiger partial charge in [0.15, 0.2) is 0 Å². The first-order chi connectivity index (χ1) is 10.7. The SMILES string of the molecule is Cc1nc(NC2=NCC3(CN4CCC3CC4)O2)ccc1C#N. The topological polar surface area (TPSA) is 73.5 Å². The quantitative estimate of drug-likeness (QED) is 0.851. The summed E-state index contributed by atoms with van der Waals surface area (Å²) in [6, 6.07) is 6.24. The van der Waals surface area contributed by atoms with E-state index in [9.17, 15) is 0 Å². The predicted molar refractivity (Wildman–Crippen MR) is 82.6 cm³/mol. The number of nitrogens with zero attached hydrogens (tertiary/aromatic N) is 4. The number of nitrogens with one attached hydrogen (secondary N) is 1. The van der Waals surface area contributed by atoms with Crippen molar-refractivity contribution in [1.29, 1.82) is 5.26 Å². The van der Waals surface area contributed by atoms with Gasteiger partial charge >= 0.3 is 0 Å². The van der Waals surface area contributed by atoms with Gasteiger partial charge in [0.05, 0.1) is 17.8 Å². The van der Waals surface area contributed by atoms with E-state index in [0.717, 1.165) is 13.1 Å². The van der Waals surface area contributed by atoms with Gasteiger partial charge in [0, 0.05) is 12.5 Å². The highest BCUT2D eigenvalue weighted by atomic mass is 16.5. The predicted octanol–water partition coefficient (Wildman–Crippen LogP) is 1.52. The molecule has 2 bridgehead atoms. The number of nitriles is 1. The number of fused-ring (bicyclic) bond motifs is 2. The second-order valence-corrected chi connectivity index (χ2v) is 6.40. The van der Waals surface area contributed by atoms with Crippen LogP contribution in [0.5, 0.6) is 0 Å². The Morgan fingerprint density at radius 1 is 1.41 bits per heavy atom. The second-order valence-electron chi connectivity index (χ2n) is 6.40. The summed E-state index contributed by atoms with van der Waals surface area (Å²) in [5, 5.41) is 12.1. The Labute approximate surface area is 129 Å². The van der Waals surface area contributed by atoms with Crippen molar-refractivity contribution in [2.24, 2.45) is 10.9 Å². The van der Waals surface area contributed by atoms with Crippen LogP contribution in [0.15, 0.2) is 17.1 Å². The number of aromatic nitrogens is 1. The van der Waals surface area contributed by atoms with Gasteiger partial charge in [0.25, 0.3) is 6.02 Å². The van der Waals surface area contributed by atoms with Crippen LogP contribution < -0.4 is 5.32 Å². The van der Waals surface area contributed by atoms with Gasteiger partial charge in [0.2, 0.25) is 0 Å². The Balaban J connectivity index is 1.47. The summed E-state index contributed by atoms with van der Waals surface area (Å²) in [5.74, 6) is 1.28. The van der Waals surface area contributed by atoms with Gasteiger partial charge in [-0.15, -0.1) is 0 Å². The van der Waals surface area contributed by atoms with Gasteiger partial charge in [-0.3, -0.25) is 10.2 Å². The molecule has 1 spiro atoms. The number of hydrogen-bond acceptors (Lipinski definition) is 6. The van der Waals surface area contributed by atoms with Crippen LogP contribution in [0.3, 0.4) is 0 Å². The summed E-state index contributed by atoms with van der Waals surface area (Å²) in [7, 11) is 0. The molecular formula is C16H19N5O. The van der Waals surface area contributed by atoms with Crippen molar-refractivity contribution in [3.05, 3.63) is 23.4 Å². The molecule has 1 unspecified atom stereocenters. The molecule has 0 aliphatic carbocycles. The molecule has 1 atom stereocenters. The Hall–Kier alpha value is -2.13. The van der Waals surface area contributed by atoms with E-state index in [-0.39, 0.29) is 5.60 Å². The molecule has 1 aromatic rings. The molecule has 22 heavy (non-hydrogen) atoms. The first-order valence-electron chi connectivity index (χ1n) is 7.79. The van der Waals surface area contributed by atoms with Crippen LogP contribution in [0.1, 0.15) is 24.1 Å². The van der Waals surface area contributed by atoms with Crippen LogP contribution in [-0.4, -0.2) is 47.7 Å². The van der Waals surface area contributed by atoms with Gasteiger partial charge < -0.3 is 4.74 Å². The zero-order chi connectivity index (χ0) is 15.2. The maximum absolute atomic E-state index is 8.96. The zero-order valence-corrected chi connectivity index (χ0v) is 12.7. The lowest BCUT2D eigenvalue weighted by Gasteiger charge is -2.50. The van der Waals surface area contributed by atoms with E-state index in [1.165, 1.54) is 25.9 Å². The van der Waals surface area contributed by atoms with E-state index in [2.05, 4.69) is 26.3 Å². The highest BCUT2D eigenvalue weighted by molar-refractivity contribution is 5.89. The Kier molecular flexibility index (Phi) is 3.05. The summed E-state index contributed by atoms with van der Waals surface area (Å²) in [6.07, 6.45) is 2.41. The maximum atomic E-state index is 8.96. The fourth-order valence-electron chi connectivity index (χ4n) is 3.81. The smallest absolute Gasteiger partial charge is 0.291 e. The fraction of sp³-hybridized carbons (Fsp3) is 0.562. The molecule has 1 N–H and O–H groups in total. The second kappa shape index (κ2) is 4.96. The molecule has 0 saturated carbocycles. The van der Waals surface area contributed by atoms with Gasteiger partial charge in [-0.05, 0) is 45.0 Å². The monoisotopic (exact) mass is 297 g/mol. The molecule has 0 amide bonds. The summed E-state index contributed by atoms with van der Waals surface area (Å²) in [6.45, 7) is 5.91. The zero-order valence-electron chi connectivity index (χ0n) is 12.7. The first-order valence-corrected chi connectivity index (χ1v) is 7.79. The third-order valence-corrected chi connectivity index (χ3v) is 5.05. The van der Waals surface area contributed by atoms with Gasteiger partial charge in [-0.25, -0.2) is 9.98 Å². The third kappa shape index (κ3) is 2.13. The molecule has 6 heteroatoms. The van der Waals surface area contributed by atoms with Crippen LogP contribution in [-0.2, 0) is 4.74 Å². The summed E-state index contributed by atoms with van der Waals surface area (Å²) < 4.78 is 6.22.